The van der Waals surface area contributed by atoms with Crippen LogP contribution in [0.4, 0.5) is 0 Å². The highest BCUT2D eigenvalue weighted by Crippen LogP contribution is 2.25. The number of aliphatic imine (C=N–C) groups is 1. The van der Waals surface area contributed by atoms with Gasteiger partial charge in [0.1, 0.15) is 5.76 Å². The van der Waals surface area contributed by atoms with E-state index in [1.54, 1.807) is 18.4 Å². The Morgan fingerprint density at radius 1 is 1.24 bits per heavy atom. The molecule has 1 aromatic heterocycles. The molecular formula is C19H27IN4O3S2. The summed E-state index contributed by atoms with van der Waals surface area (Å²) in [4.78, 5) is 4.74. The molecule has 29 heavy (non-hydrogen) atoms. The number of sulfonamides is 1. The van der Waals surface area contributed by atoms with Gasteiger partial charge >= 0.3 is 0 Å². The second-order valence-corrected chi connectivity index (χ2v) is 9.60. The summed E-state index contributed by atoms with van der Waals surface area (Å²) in [7, 11) is -3.67. The van der Waals surface area contributed by atoms with E-state index in [2.05, 4.69) is 15.6 Å². The maximum absolute atomic E-state index is 11.4. The van der Waals surface area contributed by atoms with Crippen LogP contribution in [0.5, 0.6) is 0 Å². The highest BCUT2D eigenvalue weighted by Gasteiger charge is 2.15. The molecule has 1 aliphatic rings. The minimum atomic E-state index is -3.67. The number of guanidine groups is 1. The highest BCUT2D eigenvalue weighted by molar-refractivity contribution is 14.0. The van der Waals surface area contributed by atoms with E-state index in [9.17, 15) is 8.42 Å². The Kier molecular flexibility index (Phi) is 9.80. The van der Waals surface area contributed by atoms with E-state index in [-0.39, 0.29) is 28.9 Å². The molecule has 2 aromatic rings. The lowest BCUT2D eigenvalue weighted by Crippen LogP contribution is -2.41. The Hall–Kier alpha value is -1.24. The number of hydrogen-bond acceptors (Lipinski definition) is 5. The lowest BCUT2D eigenvalue weighted by molar-refractivity contribution is 0.506. The molecule has 1 atom stereocenters. The van der Waals surface area contributed by atoms with Crippen molar-refractivity contribution in [2.24, 2.45) is 10.1 Å². The Balaban J connectivity index is 0.00000300. The van der Waals surface area contributed by atoms with Gasteiger partial charge in [-0.1, -0.05) is 12.1 Å². The van der Waals surface area contributed by atoms with E-state index in [0.717, 1.165) is 30.2 Å². The SMILES string of the molecule is I.NS(=O)(=O)c1ccc(CN=C(NCCc2ccco2)NCC2CCCS2)cc1. The van der Waals surface area contributed by atoms with Crippen LogP contribution in [-0.4, -0.2) is 38.5 Å². The van der Waals surface area contributed by atoms with Gasteiger partial charge in [0.15, 0.2) is 5.96 Å². The number of nitrogens with one attached hydrogen (secondary N) is 2. The standard InChI is InChI=1S/C19H26N4O3S2.HI/c20-28(24,25)18-7-5-15(6-8-18)13-22-19(23-14-17-4-2-12-27-17)21-10-9-16-3-1-11-26-16;/h1,3,5-8,11,17H,2,4,9-10,12-14H2,(H2,20,24,25)(H2,21,22,23);1H. The topological polar surface area (TPSA) is 110 Å². The monoisotopic (exact) mass is 550 g/mol. The second-order valence-electron chi connectivity index (χ2n) is 6.63. The van der Waals surface area contributed by atoms with Crippen molar-refractivity contribution < 1.29 is 12.8 Å². The maximum Gasteiger partial charge on any atom is 0.238 e. The molecule has 10 heteroatoms. The van der Waals surface area contributed by atoms with Gasteiger partial charge in [0, 0.05) is 24.8 Å². The fraction of sp³-hybridized carbons (Fsp3) is 0.421. The number of benzene rings is 1. The fourth-order valence-corrected chi connectivity index (χ4v) is 4.62. The van der Waals surface area contributed by atoms with E-state index in [1.165, 1.54) is 30.7 Å². The zero-order valence-corrected chi connectivity index (χ0v) is 20.0. The third-order valence-electron chi connectivity index (χ3n) is 4.44. The van der Waals surface area contributed by atoms with Crippen molar-refractivity contribution in [3.05, 3.63) is 54.0 Å². The molecule has 7 nitrogen and oxygen atoms in total. The van der Waals surface area contributed by atoms with E-state index >= 15 is 0 Å². The zero-order chi connectivity index (χ0) is 19.8. The van der Waals surface area contributed by atoms with E-state index in [0.29, 0.717) is 18.3 Å². The van der Waals surface area contributed by atoms with Crippen LogP contribution in [0.15, 0.2) is 57.0 Å². The molecule has 0 radical (unpaired) electrons. The molecule has 2 heterocycles. The van der Waals surface area contributed by atoms with Gasteiger partial charge in [0.05, 0.1) is 17.7 Å². The lowest BCUT2D eigenvalue weighted by atomic mass is 10.2. The van der Waals surface area contributed by atoms with E-state index in [1.807, 2.05) is 23.9 Å². The average molecular weight is 550 g/mol. The Bertz CT molecular complexity index is 865. The van der Waals surface area contributed by atoms with Crippen LogP contribution in [0.1, 0.15) is 24.2 Å². The third kappa shape index (κ3) is 8.19. The smallest absolute Gasteiger partial charge is 0.238 e. The fourth-order valence-electron chi connectivity index (χ4n) is 2.90. The van der Waals surface area contributed by atoms with Crippen molar-refractivity contribution in [3.63, 3.8) is 0 Å². The number of thioether (sulfide) groups is 1. The van der Waals surface area contributed by atoms with Gasteiger partial charge in [-0.3, -0.25) is 0 Å². The molecule has 0 saturated carbocycles. The summed E-state index contributed by atoms with van der Waals surface area (Å²) < 4.78 is 28.1. The van der Waals surface area contributed by atoms with E-state index < -0.39 is 10.0 Å². The Morgan fingerprint density at radius 2 is 2.03 bits per heavy atom. The van der Waals surface area contributed by atoms with Gasteiger partial charge in [-0.15, -0.1) is 24.0 Å². The number of primary sulfonamides is 1. The summed E-state index contributed by atoms with van der Waals surface area (Å²) in [5.74, 6) is 2.90. The number of rotatable bonds is 8. The van der Waals surface area contributed by atoms with Crippen LogP contribution in [0, 0.1) is 0 Å². The first kappa shape index (κ1) is 24.0. The minimum absolute atomic E-state index is 0. The molecule has 1 aliphatic heterocycles. The van der Waals surface area contributed by atoms with Gasteiger partial charge in [0.2, 0.25) is 10.0 Å². The van der Waals surface area contributed by atoms with Gasteiger partial charge in [0.25, 0.3) is 0 Å². The van der Waals surface area contributed by atoms with Crippen LogP contribution in [0.2, 0.25) is 0 Å². The third-order valence-corrected chi connectivity index (χ3v) is 6.76. The summed E-state index contributed by atoms with van der Waals surface area (Å²) >= 11 is 2.00. The van der Waals surface area contributed by atoms with Crippen molar-refractivity contribution in [1.82, 2.24) is 10.6 Å². The molecule has 0 bridgehead atoms. The molecule has 160 valence electrons. The molecule has 4 N–H and O–H groups in total. The molecule has 0 aliphatic carbocycles. The molecular weight excluding hydrogens is 523 g/mol. The van der Waals surface area contributed by atoms with Crippen LogP contribution >= 0.6 is 35.7 Å². The minimum Gasteiger partial charge on any atom is -0.469 e. The Morgan fingerprint density at radius 3 is 2.66 bits per heavy atom. The Labute approximate surface area is 193 Å². The summed E-state index contributed by atoms with van der Waals surface area (Å²) in [6.07, 6.45) is 4.94. The first-order valence-electron chi connectivity index (χ1n) is 9.28. The highest BCUT2D eigenvalue weighted by atomic mass is 127. The molecule has 1 unspecified atom stereocenters. The predicted octanol–water partition coefficient (Wildman–Crippen LogP) is 2.72. The molecule has 1 fully saturated rings. The molecule has 1 saturated heterocycles. The molecule has 0 spiro atoms. The molecule has 3 rings (SSSR count). The van der Waals surface area contributed by atoms with Gasteiger partial charge in [-0.2, -0.15) is 11.8 Å². The van der Waals surface area contributed by atoms with Crippen LogP contribution < -0.4 is 15.8 Å². The number of halogens is 1. The first-order chi connectivity index (χ1) is 13.5. The van der Waals surface area contributed by atoms with Crippen LogP contribution in [-0.2, 0) is 23.0 Å². The van der Waals surface area contributed by atoms with Crippen molar-refractivity contribution in [3.8, 4) is 0 Å². The van der Waals surface area contributed by atoms with E-state index in [4.69, 9.17) is 9.56 Å². The van der Waals surface area contributed by atoms with Crippen molar-refractivity contribution in [1.29, 1.82) is 0 Å². The van der Waals surface area contributed by atoms with Crippen LogP contribution in [0.3, 0.4) is 0 Å². The van der Waals surface area contributed by atoms with Gasteiger partial charge < -0.3 is 15.1 Å². The largest absolute Gasteiger partial charge is 0.469 e. The molecule has 0 amide bonds. The summed E-state index contributed by atoms with van der Waals surface area (Å²) in [5, 5.41) is 12.5. The number of nitrogens with two attached hydrogens (primary N) is 1. The number of nitrogens with zero attached hydrogens (tertiary/aromatic N) is 1. The number of hydrogen-bond donors (Lipinski definition) is 3. The van der Waals surface area contributed by atoms with Crippen molar-refractivity contribution >= 4 is 51.7 Å². The molecule has 1 aromatic carbocycles. The van der Waals surface area contributed by atoms with Crippen LogP contribution in [0.25, 0.3) is 0 Å². The van der Waals surface area contributed by atoms with Crippen molar-refractivity contribution in [2.45, 2.75) is 36.0 Å². The van der Waals surface area contributed by atoms with Crippen molar-refractivity contribution in [2.75, 3.05) is 18.8 Å². The van der Waals surface area contributed by atoms with Gasteiger partial charge in [-0.05, 0) is 48.4 Å². The maximum atomic E-state index is 11.4. The lowest BCUT2D eigenvalue weighted by Gasteiger charge is -2.15. The summed E-state index contributed by atoms with van der Waals surface area (Å²) in [6, 6.07) is 10.3. The quantitative estimate of drug-likeness (QED) is 0.265. The summed E-state index contributed by atoms with van der Waals surface area (Å²) in [5.41, 5.74) is 0.912. The predicted molar refractivity (Wildman–Crippen MR) is 128 cm³/mol. The second kappa shape index (κ2) is 11.8. The summed E-state index contributed by atoms with van der Waals surface area (Å²) in [6.45, 7) is 2.03. The first-order valence-corrected chi connectivity index (χ1v) is 11.9. The normalized spacial score (nSPS) is 17.0. The zero-order valence-electron chi connectivity index (χ0n) is 16.0. The average Bonchev–Trinajstić information content (AvgIpc) is 3.37. The van der Waals surface area contributed by atoms with Gasteiger partial charge in [-0.25, -0.2) is 18.5 Å². The number of furan rings is 1.